The Balaban J connectivity index is 0.00000400. The van der Waals surface area contributed by atoms with E-state index in [1.165, 1.54) is 5.56 Å². The summed E-state index contributed by atoms with van der Waals surface area (Å²) >= 11 is 0. The molecule has 1 rings (SSSR count). The third kappa shape index (κ3) is 7.13. The quantitative estimate of drug-likeness (QED) is 0.417. The monoisotopic (exact) mass is 404 g/mol. The molecule has 1 unspecified atom stereocenters. The predicted octanol–water partition coefficient (Wildman–Crippen LogP) is 2.35. The Bertz CT molecular complexity index is 391. The van der Waals surface area contributed by atoms with Crippen molar-refractivity contribution in [3.63, 3.8) is 0 Å². The average molecular weight is 404 g/mol. The summed E-state index contributed by atoms with van der Waals surface area (Å²) in [5.41, 5.74) is 1.38. The Kier molecular flexibility index (Phi) is 11.3. The first-order chi connectivity index (χ1) is 9.74. The van der Waals surface area contributed by atoms with Gasteiger partial charge < -0.3 is 10.6 Å². The number of nitrogens with one attached hydrogen (secondary N) is 2. The summed E-state index contributed by atoms with van der Waals surface area (Å²) in [6.07, 6.45) is 1.05. The molecule has 0 fully saturated rings. The number of hydrogen-bond donors (Lipinski definition) is 2. The van der Waals surface area contributed by atoms with Crippen LogP contribution < -0.4 is 10.6 Å². The fraction of sp³-hybridized carbons (Fsp3) is 0.562. The number of rotatable bonds is 7. The van der Waals surface area contributed by atoms with Crippen LogP contribution in [0.1, 0.15) is 19.4 Å². The third-order valence-electron chi connectivity index (χ3n) is 3.61. The standard InChI is InChI=1S/C16H28N4.HI/c1-5-20(6-2)15(13-19-16(17-3)18-4)12-14-10-8-7-9-11-14;/h7-11,15H,5-6,12-13H2,1-4H3,(H2,17,18,19);1H. The van der Waals surface area contributed by atoms with E-state index in [-0.39, 0.29) is 24.0 Å². The maximum Gasteiger partial charge on any atom is 0.190 e. The Labute approximate surface area is 146 Å². The first-order valence-corrected chi connectivity index (χ1v) is 7.41. The van der Waals surface area contributed by atoms with Crippen LogP contribution in [0.25, 0.3) is 0 Å². The normalized spacial score (nSPS) is 12.7. The molecule has 0 spiro atoms. The lowest BCUT2D eigenvalue weighted by Gasteiger charge is -2.30. The second-order valence-electron chi connectivity index (χ2n) is 4.77. The highest BCUT2D eigenvalue weighted by Crippen LogP contribution is 2.08. The summed E-state index contributed by atoms with van der Waals surface area (Å²) in [6, 6.07) is 11.1. The Hall–Kier alpha value is -0.820. The Morgan fingerprint density at radius 3 is 2.29 bits per heavy atom. The number of guanidine groups is 1. The molecule has 4 nitrogen and oxygen atoms in total. The van der Waals surface area contributed by atoms with E-state index in [4.69, 9.17) is 0 Å². The van der Waals surface area contributed by atoms with Crippen LogP contribution in [0.15, 0.2) is 35.3 Å². The summed E-state index contributed by atoms with van der Waals surface area (Å²) in [6.45, 7) is 7.45. The number of hydrogen-bond acceptors (Lipinski definition) is 2. The summed E-state index contributed by atoms with van der Waals surface area (Å²) in [7, 11) is 3.68. The molecule has 0 aromatic heterocycles. The highest BCUT2D eigenvalue weighted by Gasteiger charge is 2.16. The number of benzene rings is 1. The van der Waals surface area contributed by atoms with Gasteiger partial charge in [-0.3, -0.25) is 9.89 Å². The molecular formula is C16H29IN4. The molecule has 0 aliphatic carbocycles. The molecule has 1 atom stereocenters. The van der Waals surface area contributed by atoms with Gasteiger partial charge in [0.05, 0.1) is 0 Å². The minimum atomic E-state index is 0. The van der Waals surface area contributed by atoms with Crippen LogP contribution in [-0.2, 0) is 6.42 Å². The van der Waals surface area contributed by atoms with Crippen molar-refractivity contribution in [2.24, 2.45) is 4.99 Å². The molecule has 0 bridgehead atoms. The summed E-state index contributed by atoms with van der Waals surface area (Å²) in [5.74, 6) is 0.843. The second kappa shape index (κ2) is 11.8. The Morgan fingerprint density at radius 1 is 1.19 bits per heavy atom. The van der Waals surface area contributed by atoms with Gasteiger partial charge in [0, 0.05) is 26.7 Å². The minimum absolute atomic E-state index is 0. The third-order valence-corrected chi connectivity index (χ3v) is 3.61. The van der Waals surface area contributed by atoms with Crippen molar-refractivity contribution < 1.29 is 0 Å². The molecule has 1 aromatic rings. The van der Waals surface area contributed by atoms with Crippen molar-refractivity contribution in [2.45, 2.75) is 26.3 Å². The van der Waals surface area contributed by atoms with Gasteiger partial charge in [-0.15, -0.1) is 24.0 Å². The van der Waals surface area contributed by atoms with Crippen LogP contribution in [0.4, 0.5) is 0 Å². The van der Waals surface area contributed by atoms with Crippen molar-refractivity contribution >= 4 is 29.9 Å². The molecule has 0 aliphatic rings. The van der Waals surface area contributed by atoms with Crippen molar-refractivity contribution in [1.29, 1.82) is 0 Å². The molecule has 120 valence electrons. The van der Waals surface area contributed by atoms with Gasteiger partial charge in [-0.05, 0) is 25.1 Å². The van der Waals surface area contributed by atoms with Gasteiger partial charge in [0.2, 0.25) is 0 Å². The van der Waals surface area contributed by atoms with Crippen molar-refractivity contribution in [2.75, 3.05) is 33.7 Å². The summed E-state index contributed by atoms with van der Waals surface area (Å²) in [5, 5.41) is 6.45. The van der Waals surface area contributed by atoms with Crippen molar-refractivity contribution in [3.05, 3.63) is 35.9 Å². The van der Waals surface area contributed by atoms with Gasteiger partial charge in [-0.1, -0.05) is 44.2 Å². The topological polar surface area (TPSA) is 39.7 Å². The van der Waals surface area contributed by atoms with Gasteiger partial charge in [0.25, 0.3) is 0 Å². The molecule has 2 N–H and O–H groups in total. The zero-order valence-electron chi connectivity index (χ0n) is 13.6. The average Bonchev–Trinajstić information content (AvgIpc) is 2.50. The van der Waals surface area contributed by atoms with Crippen molar-refractivity contribution in [1.82, 2.24) is 15.5 Å². The molecule has 0 heterocycles. The van der Waals surface area contributed by atoms with Crippen LogP contribution in [0.3, 0.4) is 0 Å². The zero-order valence-corrected chi connectivity index (χ0v) is 15.9. The molecule has 0 saturated carbocycles. The maximum atomic E-state index is 4.17. The summed E-state index contributed by atoms with van der Waals surface area (Å²) < 4.78 is 0. The fourth-order valence-corrected chi connectivity index (χ4v) is 2.45. The minimum Gasteiger partial charge on any atom is -0.359 e. The van der Waals surface area contributed by atoms with Crippen LogP contribution >= 0.6 is 24.0 Å². The molecule has 0 saturated heterocycles. The van der Waals surface area contributed by atoms with E-state index in [1.807, 2.05) is 7.05 Å². The van der Waals surface area contributed by atoms with E-state index >= 15 is 0 Å². The van der Waals surface area contributed by atoms with E-state index in [0.29, 0.717) is 6.04 Å². The van der Waals surface area contributed by atoms with E-state index in [2.05, 4.69) is 64.7 Å². The zero-order chi connectivity index (χ0) is 14.8. The first kappa shape index (κ1) is 20.2. The number of nitrogens with zero attached hydrogens (tertiary/aromatic N) is 2. The molecule has 0 radical (unpaired) electrons. The van der Waals surface area contributed by atoms with Gasteiger partial charge in [0.1, 0.15) is 0 Å². The van der Waals surface area contributed by atoms with Gasteiger partial charge in [-0.25, -0.2) is 0 Å². The lowest BCUT2D eigenvalue weighted by Crippen LogP contribution is -2.47. The summed E-state index contributed by atoms with van der Waals surface area (Å²) in [4.78, 5) is 6.66. The second-order valence-corrected chi connectivity index (χ2v) is 4.77. The van der Waals surface area contributed by atoms with E-state index in [0.717, 1.165) is 32.0 Å². The largest absolute Gasteiger partial charge is 0.359 e. The molecule has 5 heteroatoms. The van der Waals surface area contributed by atoms with Crippen LogP contribution in [0.2, 0.25) is 0 Å². The van der Waals surface area contributed by atoms with Crippen LogP contribution in [0, 0.1) is 0 Å². The molecule has 0 aliphatic heterocycles. The Morgan fingerprint density at radius 2 is 1.81 bits per heavy atom. The smallest absolute Gasteiger partial charge is 0.190 e. The number of aliphatic imine (C=N–C) groups is 1. The molecular weight excluding hydrogens is 375 g/mol. The van der Waals surface area contributed by atoms with Crippen LogP contribution in [0.5, 0.6) is 0 Å². The molecule has 0 amide bonds. The van der Waals surface area contributed by atoms with Crippen LogP contribution in [-0.4, -0.2) is 50.6 Å². The van der Waals surface area contributed by atoms with Crippen molar-refractivity contribution in [3.8, 4) is 0 Å². The molecule has 21 heavy (non-hydrogen) atoms. The fourth-order valence-electron chi connectivity index (χ4n) is 2.45. The highest BCUT2D eigenvalue weighted by molar-refractivity contribution is 14.0. The van der Waals surface area contributed by atoms with E-state index in [1.54, 1.807) is 7.05 Å². The van der Waals surface area contributed by atoms with Gasteiger partial charge >= 0.3 is 0 Å². The number of likely N-dealkylation sites (N-methyl/N-ethyl adjacent to an activating group) is 1. The van der Waals surface area contributed by atoms with Gasteiger partial charge in [-0.2, -0.15) is 0 Å². The number of halogens is 1. The van der Waals surface area contributed by atoms with E-state index < -0.39 is 0 Å². The first-order valence-electron chi connectivity index (χ1n) is 7.41. The SMILES string of the molecule is CCN(CC)C(CNC(=NC)NC)Cc1ccccc1.I. The van der Waals surface area contributed by atoms with E-state index in [9.17, 15) is 0 Å². The molecule has 1 aromatic carbocycles. The highest BCUT2D eigenvalue weighted by atomic mass is 127. The van der Waals surface area contributed by atoms with Gasteiger partial charge in [0.15, 0.2) is 5.96 Å². The lowest BCUT2D eigenvalue weighted by molar-refractivity contribution is 0.215. The lowest BCUT2D eigenvalue weighted by atomic mass is 10.0. The maximum absolute atomic E-state index is 4.17. The predicted molar refractivity (Wildman–Crippen MR) is 103 cm³/mol.